The maximum absolute atomic E-state index is 13.9. The van der Waals surface area contributed by atoms with Crippen LogP contribution in [0, 0.1) is 20.8 Å². The second-order valence-electron chi connectivity index (χ2n) is 12.4. The van der Waals surface area contributed by atoms with E-state index < -0.39 is 0 Å². The fraction of sp³-hybridized carbons (Fsp3) is 0.500. The first-order valence-corrected chi connectivity index (χ1v) is 16.0. The predicted octanol–water partition coefficient (Wildman–Crippen LogP) is 4.40. The number of nitrogens with zero attached hydrogens (tertiary/aromatic N) is 5. The molecule has 4 aromatic rings. The summed E-state index contributed by atoms with van der Waals surface area (Å²) >= 11 is 0. The van der Waals surface area contributed by atoms with Crippen LogP contribution in [0.3, 0.4) is 0 Å². The first-order chi connectivity index (χ1) is 21.2. The lowest BCUT2D eigenvalue weighted by Crippen LogP contribution is -2.47. The Morgan fingerprint density at radius 1 is 1.14 bits per heavy atom. The standard InChI is InChI=1S/C34H45N7O3/c1-6-38-11-13-39(14-12-38)25(5)32-24(4)29(33(42)35-20-30-22(2)17-23(3)37-34(30)43)18-31-28(7-10-40(31)32)26-19-36-41(21-26)27-8-15-44-16-9-27/h7,10,17-19,21,25,27H,6,8-9,11-16,20H2,1-5H3,(H,35,42)(H,37,43). The second kappa shape index (κ2) is 12.7. The van der Waals surface area contributed by atoms with E-state index in [1.807, 2.05) is 32.2 Å². The Labute approximate surface area is 259 Å². The number of H-pyrrole nitrogens is 1. The number of likely N-dealkylation sites (N-methyl/N-ethyl adjacent to an activating group) is 1. The molecule has 10 nitrogen and oxygen atoms in total. The summed E-state index contributed by atoms with van der Waals surface area (Å²) in [7, 11) is 0. The Kier molecular flexibility index (Phi) is 8.75. The minimum Gasteiger partial charge on any atom is -0.381 e. The lowest BCUT2D eigenvalue weighted by atomic mass is 9.99. The molecule has 44 heavy (non-hydrogen) atoms. The molecule has 0 saturated carbocycles. The Balaban J connectivity index is 1.38. The van der Waals surface area contributed by atoms with E-state index in [1.54, 1.807) is 0 Å². The quantitative estimate of drug-likeness (QED) is 0.312. The normalized spacial score (nSPS) is 17.8. The van der Waals surface area contributed by atoms with Crippen molar-refractivity contribution in [1.82, 2.24) is 34.3 Å². The number of ether oxygens (including phenoxy) is 1. The maximum atomic E-state index is 13.9. The number of fused-ring (bicyclic) bond motifs is 1. The summed E-state index contributed by atoms with van der Waals surface area (Å²) in [6.45, 7) is 17.1. The Morgan fingerprint density at radius 3 is 2.59 bits per heavy atom. The van der Waals surface area contributed by atoms with E-state index in [4.69, 9.17) is 9.84 Å². The van der Waals surface area contributed by atoms with Crippen LogP contribution in [0.2, 0.25) is 0 Å². The lowest BCUT2D eigenvalue weighted by Gasteiger charge is -2.38. The summed E-state index contributed by atoms with van der Waals surface area (Å²) in [6, 6.07) is 6.52. The molecule has 0 aliphatic carbocycles. The highest BCUT2D eigenvalue weighted by molar-refractivity contribution is 5.98. The summed E-state index contributed by atoms with van der Waals surface area (Å²) in [4.78, 5) is 34.4. The van der Waals surface area contributed by atoms with Crippen LogP contribution in [0.25, 0.3) is 16.6 Å². The summed E-state index contributed by atoms with van der Waals surface area (Å²) in [6.07, 6.45) is 8.11. The van der Waals surface area contributed by atoms with Gasteiger partial charge in [-0.05, 0) is 76.4 Å². The third-order valence-corrected chi connectivity index (χ3v) is 9.69. The molecular weight excluding hydrogens is 554 g/mol. The van der Waals surface area contributed by atoms with E-state index in [2.05, 4.69) is 68.4 Å². The average molecular weight is 600 g/mol. The van der Waals surface area contributed by atoms with Crippen LogP contribution in [0.5, 0.6) is 0 Å². The monoisotopic (exact) mass is 599 g/mol. The van der Waals surface area contributed by atoms with E-state index in [-0.39, 0.29) is 24.1 Å². The second-order valence-corrected chi connectivity index (χ2v) is 12.4. The van der Waals surface area contributed by atoms with Gasteiger partial charge >= 0.3 is 0 Å². The van der Waals surface area contributed by atoms with Gasteiger partial charge in [-0.3, -0.25) is 19.2 Å². The number of piperazine rings is 1. The van der Waals surface area contributed by atoms with Gasteiger partial charge in [-0.25, -0.2) is 0 Å². The first-order valence-electron chi connectivity index (χ1n) is 16.0. The van der Waals surface area contributed by atoms with Gasteiger partial charge in [0.05, 0.1) is 17.8 Å². The van der Waals surface area contributed by atoms with Gasteiger partial charge in [0.25, 0.3) is 11.5 Å². The summed E-state index contributed by atoms with van der Waals surface area (Å²) in [5, 5.41) is 7.80. The maximum Gasteiger partial charge on any atom is 0.253 e. The largest absolute Gasteiger partial charge is 0.381 e. The van der Waals surface area contributed by atoms with Crippen LogP contribution in [0.4, 0.5) is 0 Å². The van der Waals surface area contributed by atoms with Gasteiger partial charge in [-0.2, -0.15) is 5.10 Å². The number of pyridine rings is 2. The fourth-order valence-electron chi connectivity index (χ4n) is 6.99. The molecule has 2 aliphatic rings. The zero-order valence-electron chi connectivity index (χ0n) is 26.7. The number of carbonyl (C=O) groups is 1. The van der Waals surface area contributed by atoms with Crippen LogP contribution in [0.15, 0.2) is 41.6 Å². The van der Waals surface area contributed by atoms with Crippen molar-refractivity contribution in [2.45, 2.75) is 66.1 Å². The van der Waals surface area contributed by atoms with Gasteiger partial charge in [0, 0.05) is 98.0 Å². The Morgan fingerprint density at radius 2 is 1.89 bits per heavy atom. The molecule has 0 spiro atoms. The van der Waals surface area contributed by atoms with E-state index in [9.17, 15) is 9.59 Å². The van der Waals surface area contributed by atoms with Crippen molar-refractivity contribution in [3.05, 3.63) is 80.8 Å². The molecule has 234 valence electrons. The molecular formula is C34H45N7O3. The SMILES string of the molecule is CCN1CCN(C(C)c2c(C)c(C(=O)NCc3c(C)cc(C)[nH]c3=O)cc3c(-c4cnn(C5CCOCC5)c4)ccn23)CC1. The topological polar surface area (TPSA) is 99.9 Å². The van der Waals surface area contributed by atoms with Crippen molar-refractivity contribution < 1.29 is 9.53 Å². The molecule has 6 heterocycles. The van der Waals surface area contributed by atoms with Crippen molar-refractivity contribution in [2.24, 2.45) is 0 Å². The molecule has 1 unspecified atom stereocenters. The summed E-state index contributed by atoms with van der Waals surface area (Å²) < 4.78 is 9.89. The zero-order valence-corrected chi connectivity index (χ0v) is 26.7. The number of hydrogen-bond donors (Lipinski definition) is 2. The Bertz CT molecular complexity index is 1700. The van der Waals surface area contributed by atoms with Crippen LogP contribution in [0.1, 0.15) is 77.2 Å². The van der Waals surface area contributed by atoms with Gasteiger partial charge in [-0.15, -0.1) is 0 Å². The number of rotatable bonds is 8. The van der Waals surface area contributed by atoms with E-state index in [0.29, 0.717) is 17.2 Å². The van der Waals surface area contributed by atoms with Gasteiger partial charge in [0.1, 0.15) is 0 Å². The number of carbonyl (C=O) groups excluding carboxylic acids is 1. The van der Waals surface area contributed by atoms with Crippen molar-refractivity contribution in [3.63, 3.8) is 0 Å². The molecule has 2 fully saturated rings. The van der Waals surface area contributed by atoms with Crippen LogP contribution in [-0.2, 0) is 11.3 Å². The molecule has 1 atom stereocenters. The number of hydrogen-bond acceptors (Lipinski definition) is 6. The van der Waals surface area contributed by atoms with Gasteiger partial charge in [0.15, 0.2) is 0 Å². The van der Waals surface area contributed by atoms with Gasteiger partial charge < -0.3 is 24.3 Å². The summed E-state index contributed by atoms with van der Waals surface area (Å²) in [5.74, 6) is -0.182. The number of aryl methyl sites for hydroxylation is 2. The first kappa shape index (κ1) is 30.3. The zero-order chi connectivity index (χ0) is 31.0. The van der Waals surface area contributed by atoms with Crippen LogP contribution < -0.4 is 10.9 Å². The lowest BCUT2D eigenvalue weighted by molar-refractivity contribution is 0.0662. The predicted molar refractivity (Wildman–Crippen MR) is 172 cm³/mol. The molecule has 2 N–H and O–H groups in total. The highest BCUT2D eigenvalue weighted by Gasteiger charge is 2.28. The van der Waals surface area contributed by atoms with Crippen molar-refractivity contribution in [2.75, 3.05) is 45.9 Å². The minimum absolute atomic E-state index is 0.108. The van der Waals surface area contributed by atoms with E-state index >= 15 is 0 Å². The Hall–Kier alpha value is -3.73. The smallest absolute Gasteiger partial charge is 0.253 e. The number of nitrogens with one attached hydrogen (secondary N) is 2. The highest BCUT2D eigenvalue weighted by atomic mass is 16.5. The number of amides is 1. The van der Waals surface area contributed by atoms with E-state index in [1.165, 1.54) is 0 Å². The highest BCUT2D eigenvalue weighted by Crippen LogP contribution is 2.34. The van der Waals surface area contributed by atoms with Crippen molar-refractivity contribution >= 4 is 11.4 Å². The summed E-state index contributed by atoms with van der Waals surface area (Å²) in [5.41, 5.74) is 7.85. The van der Waals surface area contributed by atoms with Crippen molar-refractivity contribution in [3.8, 4) is 11.1 Å². The molecule has 2 saturated heterocycles. The third-order valence-electron chi connectivity index (χ3n) is 9.69. The molecule has 6 rings (SSSR count). The molecule has 2 aliphatic heterocycles. The molecule has 0 bridgehead atoms. The van der Waals surface area contributed by atoms with Crippen molar-refractivity contribution in [1.29, 1.82) is 0 Å². The molecule has 0 aromatic carbocycles. The van der Waals surface area contributed by atoms with Crippen LogP contribution in [-0.4, -0.2) is 80.8 Å². The fourth-order valence-corrected chi connectivity index (χ4v) is 6.99. The average Bonchev–Trinajstić information content (AvgIpc) is 3.68. The molecule has 1 amide bonds. The number of aromatic nitrogens is 4. The molecule has 4 aromatic heterocycles. The number of aromatic amines is 1. The van der Waals surface area contributed by atoms with Gasteiger partial charge in [-0.1, -0.05) is 6.92 Å². The third kappa shape index (κ3) is 5.86. The minimum atomic E-state index is -0.182. The van der Waals surface area contributed by atoms with E-state index in [0.717, 1.165) is 97.9 Å². The van der Waals surface area contributed by atoms with Gasteiger partial charge in [0.2, 0.25) is 0 Å². The van der Waals surface area contributed by atoms with Crippen LogP contribution >= 0.6 is 0 Å². The molecule has 10 heteroatoms. The molecule has 0 radical (unpaired) electrons.